The number of aromatic hydroxyl groups is 2. The monoisotopic (exact) mass is 1170 g/mol. The molecular weight excluding hydrogens is 1090 g/mol. The molecule has 460 valence electrons. The third-order valence-electron chi connectivity index (χ3n) is 18.7. The molecule has 1 aromatic carbocycles. The van der Waals surface area contributed by atoms with Gasteiger partial charge in [0.2, 0.25) is 11.5 Å². The second-order valence-corrected chi connectivity index (χ2v) is 24.6. The summed E-state index contributed by atoms with van der Waals surface area (Å²) in [7, 11) is 3.22. The average molecular weight is 1170 g/mol. The first kappa shape index (κ1) is 62.0. The van der Waals surface area contributed by atoms with Crippen LogP contribution in [0.4, 0.5) is 0 Å². The Hall–Kier alpha value is -5.04. The molecule has 21 unspecified atom stereocenters. The molecule has 7 heterocycles. The number of carbonyl (C=O) groups excluding carboxylic acids is 2. The maximum absolute atomic E-state index is 14.3. The lowest BCUT2D eigenvalue weighted by Gasteiger charge is -2.48. The van der Waals surface area contributed by atoms with E-state index in [-0.39, 0.29) is 73.0 Å². The number of ketones is 1. The van der Waals surface area contributed by atoms with E-state index >= 15 is 0 Å². The topological polar surface area (TPSA) is 277 Å². The molecule has 0 radical (unpaired) electrons. The van der Waals surface area contributed by atoms with Crippen molar-refractivity contribution in [3.8, 4) is 11.5 Å². The first-order chi connectivity index (χ1) is 39.9. The molecule has 7 aliphatic heterocycles. The van der Waals surface area contributed by atoms with Crippen molar-refractivity contribution in [2.24, 2.45) is 23.7 Å². The summed E-state index contributed by atoms with van der Waals surface area (Å²) in [4.78, 5) is 25.9. The summed E-state index contributed by atoms with van der Waals surface area (Å²) in [5, 5.41) is 74.3. The number of ether oxygens (including phenoxy) is 11. The molecule has 7 N–H and O–H groups in total. The van der Waals surface area contributed by atoms with Gasteiger partial charge in [0, 0.05) is 69.3 Å². The number of methoxy groups -OCH3 is 2. The third-order valence-corrected chi connectivity index (χ3v) is 18.7. The quantitative estimate of drug-likeness (QED) is 0.0836. The Bertz CT molecular complexity index is 2920. The summed E-state index contributed by atoms with van der Waals surface area (Å²) in [6.45, 7) is 16.0. The van der Waals surface area contributed by atoms with Gasteiger partial charge in [0.25, 0.3) is 0 Å². The van der Waals surface area contributed by atoms with E-state index in [1.54, 1.807) is 40.2 Å². The average Bonchev–Trinajstić information content (AvgIpc) is 2.29. The molecule has 11 rings (SSSR count). The highest BCUT2D eigenvalue weighted by molar-refractivity contribution is 6.06. The van der Waals surface area contributed by atoms with Crippen LogP contribution in [0, 0.1) is 23.7 Å². The number of esters is 1. The van der Waals surface area contributed by atoms with Crippen LogP contribution in [0.3, 0.4) is 0 Å². The Morgan fingerprint density at radius 2 is 1.55 bits per heavy atom. The van der Waals surface area contributed by atoms with E-state index in [1.807, 2.05) is 32.1 Å². The van der Waals surface area contributed by atoms with Gasteiger partial charge >= 0.3 is 5.97 Å². The van der Waals surface area contributed by atoms with Gasteiger partial charge < -0.3 is 87.9 Å². The standard InChI is InChI=1S/C48H72O14.C16H12O6/c1-11-25(2)43-28(5)17-18-47(62-43)23-34-20-33(61-47)16-15-27(4)42(26(3)13-12-14-32-24-55-45-40(49)29(6)19-35(46(51)58-34)48(32,45)52)59-39-22-37(54-10)44(31(8)57-39)60-38-21-36(53-9)41(50)30(7)56-38;17-10-2-1-8-13-9-4-12(19)11(18)3-7(9)5-16(13,21)6-22-15(8)14(10)20/h12-15,17-19,25-26,28,30-31,33-45,49-50,52H,11,16,20-24H2,1-10H3;1-4,18-21H,5-6H2. The molecule has 3 aliphatic carbocycles. The van der Waals surface area contributed by atoms with E-state index in [0.29, 0.717) is 65.5 Å². The second-order valence-electron chi connectivity index (χ2n) is 24.6. The summed E-state index contributed by atoms with van der Waals surface area (Å²) < 4.78 is 69.1. The lowest BCUT2D eigenvalue weighted by atomic mass is 9.71. The fourth-order valence-electron chi connectivity index (χ4n) is 13.8. The van der Waals surface area contributed by atoms with Gasteiger partial charge in [-0.15, -0.1) is 0 Å². The lowest BCUT2D eigenvalue weighted by Crippen LogP contribution is -2.58. The third kappa shape index (κ3) is 11.8. The predicted molar refractivity (Wildman–Crippen MR) is 302 cm³/mol. The fourth-order valence-corrected chi connectivity index (χ4v) is 13.8. The van der Waals surface area contributed by atoms with E-state index in [2.05, 4.69) is 39.8 Å². The van der Waals surface area contributed by atoms with Crippen LogP contribution in [0.15, 0.2) is 101 Å². The van der Waals surface area contributed by atoms with Crippen molar-refractivity contribution in [1.82, 2.24) is 0 Å². The smallest absolute Gasteiger partial charge is 0.316 e. The Balaban J connectivity index is 0.000000295. The highest BCUT2D eigenvalue weighted by Gasteiger charge is 2.60. The second kappa shape index (κ2) is 24.6. The minimum atomic E-state index is -1.84. The zero-order valence-corrected chi connectivity index (χ0v) is 49.5. The van der Waals surface area contributed by atoms with E-state index in [9.17, 15) is 45.3 Å². The molecule has 84 heavy (non-hydrogen) atoms. The molecule has 2 bridgehead atoms. The zero-order chi connectivity index (χ0) is 60.3. The van der Waals surface area contributed by atoms with Crippen molar-refractivity contribution in [3.63, 3.8) is 0 Å². The maximum Gasteiger partial charge on any atom is 0.316 e. The highest BCUT2D eigenvalue weighted by Crippen LogP contribution is 2.52. The number of hydrogen-bond donors (Lipinski definition) is 7. The zero-order valence-electron chi connectivity index (χ0n) is 49.5. The number of hydrogen-bond acceptors (Lipinski definition) is 20. The maximum atomic E-state index is 14.3. The number of aliphatic hydroxyl groups excluding tert-OH is 3. The molecule has 0 saturated carbocycles. The Morgan fingerprint density at radius 3 is 2.29 bits per heavy atom. The normalized spacial score (nSPS) is 41.4. The van der Waals surface area contributed by atoms with Crippen LogP contribution in [-0.4, -0.2) is 178 Å². The van der Waals surface area contributed by atoms with Crippen molar-refractivity contribution in [2.45, 2.75) is 203 Å². The Labute approximate surface area is 490 Å². The van der Waals surface area contributed by atoms with Gasteiger partial charge in [0.05, 0.1) is 49.3 Å². The van der Waals surface area contributed by atoms with Crippen LogP contribution in [0.1, 0.15) is 105 Å². The number of rotatable bonds is 8. The van der Waals surface area contributed by atoms with Crippen molar-refractivity contribution < 1.29 is 97.4 Å². The van der Waals surface area contributed by atoms with E-state index in [1.165, 1.54) is 24.3 Å². The highest BCUT2D eigenvalue weighted by atomic mass is 16.7. The summed E-state index contributed by atoms with van der Waals surface area (Å²) >= 11 is 0. The van der Waals surface area contributed by atoms with Gasteiger partial charge in [-0.3, -0.25) is 9.59 Å². The number of aliphatic hydroxyl groups is 5. The van der Waals surface area contributed by atoms with E-state index in [4.69, 9.17) is 52.1 Å². The van der Waals surface area contributed by atoms with Crippen molar-refractivity contribution >= 4 is 17.3 Å². The molecule has 10 aliphatic rings. The van der Waals surface area contributed by atoms with Crippen molar-refractivity contribution in [3.05, 3.63) is 112 Å². The molecule has 4 saturated heterocycles. The molecule has 20 nitrogen and oxygen atoms in total. The minimum Gasteiger partial charge on any atom is -0.504 e. The van der Waals surface area contributed by atoms with Crippen LogP contribution in [0.2, 0.25) is 0 Å². The summed E-state index contributed by atoms with van der Waals surface area (Å²) in [5.41, 5.74) is 0.931. The molecule has 4 fully saturated rings. The van der Waals surface area contributed by atoms with Crippen LogP contribution in [-0.2, 0) is 68.1 Å². The predicted octanol–water partition coefficient (Wildman–Crippen LogP) is 6.45. The molecule has 1 aromatic rings. The lowest BCUT2D eigenvalue weighted by molar-refractivity contribution is -0.318. The van der Waals surface area contributed by atoms with Crippen molar-refractivity contribution in [2.75, 3.05) is 27.4 Å². The van der Waals surface area contributed by atoms with E-state index < -0.39 is 108 Å². The van der Waals surface area contributed by atoms with Crippen molar-refractivity contribution in [1.29, 1.82) is 0 Å². The first-order valence-electron chi connectivity index (χ1n) is 29.6. The molecule has 0 amide bonds. The molecular formula is C64H84O20. The molecule has 21 atom stereocenters. The van der Waals surface area contributed by atoms with Crippen LogP contribution < -0.4 is 0 Å². The van der Waals surface area contributed by atoms with Crippen LogP contribution >= 0.6 is 0 Å². The minimum absolute atomic E-state index is 0.0317. The number of benzene rings is 1. The Kier molecular flexibility index (Phi) is 18.2. The SMILES string of the molecule is CCC(C)C1OC2(C=CC1C)CC1CC(CC=C(C)C(OC3CC(OC)C(OC4CC(OC)C(O)C(C)O4)C(C)O3)C(C)C=CC=C3COC4C(O)C(C)=CC(C(=O)O1)C34O)O2.O=C1C=CC2=C3c4cc(O)c(O)cc4CC3(O)COC2=C1O. The molecule has 20 heteroatoms. The fraction of sp³-hybridized carbons (Fsp3) is 0.625. The van der Waals surface area contributed by atoms with Gasteiger partial charge in [-0.25, -0.2) is 0 Å². The number of phenols is 2. The van der Waals surface area contributed by atoms with Gasteiger partial charge in [-0.05, 0) is 98.2 Å². The van der Waals surface area contributed by atoms with Crippen LogP contribution in [0.25, 0.3) is 5.57 Å². The largest absolute Gasteiger partial charge is 0.504 e. The van der Waals surface area contributed by atoms with Gasteiger partial charge in [-0.2, -0.15) is 0 Å². The van der Waals surface area contributed by atoms with Gasteiger partial charge in [0.15, 0.2) is 35.6 Å². The van der Waals surface area contributed by atoms with Gasteiger partial charge in [-0.1, -0.05) is 70.6 Å². The van der Waals surface area contributed by atoms with Crippen LogP contribution in [0.5, 0.6) is 11.5 Å². The molecule has 1 spiro atoms. The first-order valence-corrected chi connectivity index (χ1v) is 29.6. The summed E-state index contributed by atoms with van der Waals surface area (Å²) in [5.74, 6) is -4.15. The number of carbonyl (C=O) groups is 2. The van der Waals surface area contributed by atoms with Gasteiger partial charge in [0.1, 0.15) is 54.2 Å². The summed E-state index contributed by atoms with van der Waals surface area (Å²) in [6, 6.07) is 2.77. The number of phenolic OH excluding ortho intramolecular Hbond substituents is 2. The summed E-state index contributed by atoms with van der Waals surface area (Å²) in [6.07, 6.45) is 11.4. The number of allylic oxidation sites excluding steroid dienone is 4. The van der Waals surface area contributed by atoms with E-state index in [0.717, 1.165) is 12.0 Å². The number of fused-ring (bicyclic) bond motifs is 6. The molecule has 0 aromatic heterocycles. The Morgan fingerprint density at radius 1 is 0.833 bits per heavy atom.